The standard InChI is InChI=1S/C95H119N17O19S/c1-11-12-32-76-93(129)109(7)52-81(117)101-72(47-83(119)120)89(125)107-84(56(4)5)95(131)111(9)77(42-58-26-18-14-19-27-58)90(126)105-74(45-62-49-98-68-38-37-64(114)46-66(62)68)91(127)108(6)51-80(116)100-71(44-61-48-97-67-31-23-22-30-65(61)67)88(124)104-70(40-60-33-35-63(113)36-34-60)87(123)103-69(39-55(2)3)86(122)106-75(85(121)99-50-79(96)115)53-132-54-82(118)102-73(41-57-24-16-13-17-25-57)92(128)112(10)78(94(130)110(76)8)43-59-28-20-15-21-29-59/h13-31,33-38,46,48-49,55-56,69-78,84,97-98,113-114H,11-12,32,39-45,47,50-54H2,1-10H3,(H2,96,115)(H,99,121)(H,100,116)(H,101,117)(H,102,118)(H,103,123)(H,104,124)(H,105,126)(H,106,122)(H,107,125)(H,119,120). The summed E-state index contributed by atoms with van der Waals surface area (Å²) in [7, 11) is 6.54. The Bertz CT molecular complexity index is 5410. The molecule has 704 valence electrons. The van der Waals surface area contributed by atoms with E-state index in [1.165, 1.54) is 81.4 Å². The number of hydrogen-bond acceptors (Lipinski definition) is 19. The number of carbonyl (C=O) groups excluding carboxylic acids is 15. The number of amides is 15. The molecule has 15 amide bonds. The second kappa shape index (κ2) is 48.5. The Hall–Kier alpha value is -14.1. The Balaban J connectivity index is 1.12. The van der Waals surface area contributed by atoms with Crippen molar-refractivity contribution in [2.45, 2.75) is 172 Å². The van der Waals surface area contributed by atoms with Gasteiger partial charge in [0.05, 0.1) is 31.8 Å². The van der Waals surface area contributed by atoms with Crippen LogP contribution in [0, 0.1) is 11.8 Å². The highest BCUT2D eigenvalue weighted by molar-refractivity contribution is 8.00. The normalized spacial score (nSPS) is 21.7. The number of phenols is 2. The van der Waals surface area contributed by atoms with Crippen molar-refractivity contribution in [3.8, 4) is 11.5 Å². The second-order valence-electron chi connectivity index (χ2n) is 33.9. The molecule has 132 heavy (non-hydrogen) atoms. The quantitative estimate of drug-likeness (QED) is 0.0438. The van der Waals surface area contributed by atoms with Crippen molar-refractivity contribution >= 4 is 128 Å². The smallest absolute Gasteiger partial charge is 0.305 e. The number of carboxylic acid groups (broad SMARTS) is 1. The summed E-state index contributed by atoms with van der Waals surface area (Å²) in [5, 5.41) is 56.6. The second-order valence-corrected chi connectivity index (χ2v) is 35.0. The Morgan fingerprint density at radius 3 is 1.50 bits per heavy atom. The number of para-hydroxylation sites is 1. The number of thioether (sulfide) groups is 1. The number of rotatable bonds is 23. The molecular formula is C95H119N17O19S. The molecule has 6 aromatic carbocycles. The first-order valence-electron chi connectivity index (χ1n) is 43.7. The third-order valence-corrected chi connectivity index (χ3v) is 23.9. The van der Waals surface area contributed by atoms with Crippen LogP contribution in [-0.2, 0) is 115 Å². The van der Waals surface area contributed by atoms with Crippen molar-refractivity contribution < 1.29 is 92.0 Å². The topological polar surface area (TPSA) is 516 Å². The van der Waals surface area contributed by atoms with Crippen molar-refractivity contribution in [3.63, 3.8) is 0 Å². The number of aromatic nitrogens is 2. The Morgan fingerprint density at radius 1 is 0.455 bits per heavy atom. The molecule has 36 nitrogen and oxygen atoms in total. The van der Waals surface area contributed by atoms with Crippen LogP contribution in [0.1, 0.15) is 100 Å². The lowest BCUT2D eigenvalue weighted by atomic mass is 9.98. The molecule has 1 saturated heterocycles. The number of primary amides is 1. The maximum Gasteiger partial charge on any atom is 0.305 e. The molecule has 37 heteroatoms. The van der Waals surface area contributed by atoms with Crippen LogP contribution in [0.2, 0.25) is 0 Å². The Labute approximate surface area is 769 Å². The molecule has 16 N–H and O–H groups in total. The van der Waals surface area contributed by atoms with E-state index in [4.69, 9.17) is 5.73 Å². The van der Waals surface area contributed by atoms with Crippen LogP contribution in [0.3, 0.4) is 0 Å². The van der Waals surface area contributed by atoms with Crippen LogP contribution in [0.15, 0.2) is 170 Å². The van der Waals surface area contributed by atoms with Crippen LogP contribution < -0.4 is 53.6 Å². The summed E-state index contributed by atoms with van der Waals surface area (Å²) in [6.45, 7) is 6.16. The number of likely N-dealkylation sites (N-methyl/N-ethyl adjacent to an activating group) is 5. The highest BCUT2D eigenvalue weighted by Gasteiger charge is 2.42. The van der Waals surface area contributed by atoms with Crippen molar-refractivity contribution in [2.24, 2.45) is 17.6 Å². The monoisotopic (exact) mass is 1830 g/mol. The van der Waals surface area contributed by atoms with E-state index >= 15 is 43.2 Å². The number of aromatic hydroxyl groups is 2. The molecule has 0 saturated carbocycles. The van der Waals surface area contributed by atoms with Gasteiger partial charge >= 0.3 is 5.97 Å². The van der Waals surface area contributed by atoms with E-state index in [0.29, 0.717) is 68.0 Å². The lowest BCUT2D eigenvalue weighted by molar-refractivity contribution is -0.151. The number of nitrogens with two attached hydrogens (primary N) is 1. The number of aliphatic carboxylic acids is 1. The average Bonchev–Trinajstić information content (AvgIpc) is 1.69. The number of carboxylic acids is 1. The minimum absolute atomic E-state index is 0.0272. The van der Waals surface area contributed by atoms with E-state index < -0.39 is 199 Å². The van der Waals surface area contributed by atoms with E-state index in [-0.39, 0.29) is 74.5 Å². The van der Waals surface area contributed by atoms with Crippen molar-refractivity contribution in [1.29, 1.82) is 0 Å². The van der Waals surface area contributed by atoms with Gasteiger partial charge in [-0.25, -0.2) is 0 Å². The molecule has 11 atom stereocenters. The first kappa shape index (κ1) is 102. The van der Waals surface area contributed by atoms with Gasteiger partial charge in [0.15, 0.2) is 0 Å². The lowest BCUT2D eigenvalue weighted by Gasteiger charge is -2.37. The summed E-state index contributed by atoms with van der Waals surface area (Å²) in [4.78, 5) is 248. The molecule has 9 rings (SSSR count). The maximum atomic E-state index is 15.6. The summed E-state index contributed by atoms with van der Waals surface area (Å²) in [5.74, 6) is -17.5. The van der Waals surface area contributed by atoms with Gasteiger partial charge in [-0.3, -0.25) is 76.7 Å². The molecule has 1 aliphatic heterocycles. The van der Waals surface area contributed by atoms with Gasteiger partial charge < -0.3 is 103 Å². The van der Waals surface area contributed by atoms with Gasteiger partial charge in [-0.15, -0.1) is 11.8 Å². The van der Waals surface area contributed by atoms with Gasteiger partial charge in [0, 0.05) is 114 Å². The third kappa shape index (κ3) is 29.2. The summed E-state index contributed by atoms with van der Waals surface area (Å²) in [6, 6.07) is 25.9. The minimum atomic E-state index is -1.91. The van der Waals surface area contributed by atoms with Gasteiger partial charge in [0.1, 0.15) is 78.0 Å². The molecule has 0 aliphatic carbocycles. The number of nitrogens with one attached hydrogen (secondary N) is 11. The first-order chi connectivity index (χ1) is 62.9. The number of benzene rings is 6. The van der Waals surface area contributed by atoms with E-state index in [9.17, 15) is 48.9 Å². The molecule has 11 unspecified atom stereocenters. The molecule has 1 fully saturated rings. The molecule has 2 aromatic heterocycles. The van der Waals surface area contributed by atoms with Gasteiger partial charge in [-0.2, -0.15) is 0 Å². The zero-order chi connectivity index (χ0) is 96.2. The van der Waals surface area contributed by atoms with Crippen LogP contribution in [0.5, 0.6) is 11.5 Å². The number of unbranched alkanes of at least 4 members (excludes halogenated alkanes) is 1. The van der Waals surface area contributed by atoms with E-state index in [2.05, 4.69) is 57.8 Å². The first-order valence-corrected chi connectivity index (χ1v) is 44.8. The van der Waals surface area contributed by atoms with Crippen LogP contribution in [0.4, 0.5) is 0 Å². The fourth-order valence-electron chi connectivity index (χ4n) is 15.6. The van der Waals surface area contributed by atoms with Crippen LogP contribution in [0.25, 0.3) is 21.8 Å². The number of H-pyrrole nitrogens is 2. The minimum Gasteiger partial charge on any atom is -0.508 e. The molecule has 0 radical (unpaired) electrons. The molecule has 3 heterocycles. The van der Waals surface area contributed by atoms with E-state index in [1.807, 2.05) is 6.92 Å². The predicted molar refractivity (Wildman–Crippen MR) is 494 cm³/mol. The van der Waals surface area contributed by atoms with Gasteiger partial charge in [0.2, 0.25) is 88.6 Å². The SMILES string of the molecule is CCCCC1C(=O)N(C)CC(=O)NC(CC(=O)O)C(=O)NC(C(C)C)C(=O)N(C)C(Cc2ccccc2)C(=O)NC(Cc2c[nH]c3ccc(O)cc23)C(=O)N(C)CC(=O)NC(Cc2c[nH]c3ccccc23)C(=O)NC(Cc2ccc(O)cc2)C(=O)NC(CC(C)C)C(=O)NC(C(=O)NCC(N)=O)CSCC(=O)NC(Cc2ccccc2)C(=O)N(C)C(Cc2ccccc2)C(=O)N1C. The summed E-state index contributed by atoms with van der Waals surface area (Å²) >= 11 is 0.828. The Morgan fingerprint density at radius 2 is 0.917 bits per heavy atom. The number of phenolic OH excluding ortho intramolecular Hbond substituents is 2. The van der Waals surface area contributed by atoms with Gasteiger partial charge in [0.25, 0.3) is 0 Å². The molecule has 0 bridgehead atoms. The zero-order valence-corrected chi connectivity index (χ0v) is 76.4. The number of fused-ring (bicyclic) bond motifs is 2. The summed E-state index contributed by atoms with van der Waals surface area (Å²) in [6.07, 6.45) is 1.57. The van der Waals surface area contributed by atoms with Crippen molar-refractivity contribution in [2.75, 3.05) is 66.4 Å². The number of hydrogen-bond donors (Lipinski definition) is 15. The van der Waals surface area contributed by atoms with Crippen LogP contribution >= 0.6 is 11.8 Å². The lowest BCUT2D eigenvalue weighted by Crippen LogP contribution is -2.61. The largest absolute Gasteiger partial charge is 0.508 e. The highest BCUT2D eigenvalue weighted by Crippen LogP contribution is 2.27. The average molecular weight is 1840 g/mol. The molecule has 1 aliphatic rings. The summed E-state index contributed by atoms with van der Waals surface area (Å²) < 4.78 is 0. The summed E-state index contributed by atoms with van der Waals surface area (Å²) in [5.41, 5.74) is 9.62. The Kier molecular flexibility index (Phi) is 37.3. The van der Waals surface area contributed by atoms with Crippen LogP contribution in [-0.4, -0.2) is 277 Å². The predicted octanol–water partition coefficient (Wildman–Crippen LogP) is 2.81. The van der Waals surface area contributed by atoms with E-state index in [1.54, 1.807) is 161 Å². The van der Waals surface area contributed by atoms with Crippen molar-refractivity contribution in [1.82, 2.24) is 82.3 Å². The molecule has 8 aromatic rings. The fraction of sp³-hybridized carbons (Fsp3) is 0.411. The molecule has 0 spiro atoms. The van der Waals surface area contributed by atoms with Crippen molar-refractivity contribution in [3.05, 3.63) is 203 Å². The van der Waals surface area contributed by atoms with Gasteiger partial charge in [-0.05, 0) is 94.5 Å². The maximum absolute atomic E-state index is 15.6. The number of aromatic amines is 2. The fourth-order valence-corrected chi connectivity index (χ4v) is 16.5. The number of nitrogens with zero attached hydrogens (tertiary/aromatic N) is 5. The zero-order valence-electron chi connectivity index (χ0n) is 75.6. The number of carbonyl (C=O) groups is 16. The third-order valence-electron chi connectivity index (χ3n) is 22.9. The highest BCUT2D eigenvalue weighted by atomic mass is 32.2. The van der Waals surface area contributed by atoms with E-state index in [0.717, 1.165) is 26.5 Å². The molecular weight excluding hydrogens is 1720 g/mol. The van der Waals surface area contributed by atoms with Gasteiger partial charge in [-0.1, -0.05) is 169 Å².